The maximum Gasteiger partial charge on any atom is 0.445 e. The molecule has 3 aromatic rings. The van der Waals surface area contributed by atoms with E-state index in [1.807, 2.05) is 24.3 Å². The molecule has 2 N–H and O–H groups in total. The highest BCUT2D eigenvalue weighted by atomic mass is 32.2. The zero-order valence-electron chi connectivity index (χ0n) is 12.1. The number of hydrogen-bond donors (Lipinski definition) is 2. The number of benzene rings is 1. The van der Waals surface area contributed by atoms with Crippen molar-refractivity contribution >= 4 is 45.2 Å². The molecule has 0 aliphatic rings. The molecule has 0 saturated carbocycles. The van der Waals surface area contributed by atoms with Gasteiger partial charge in [0, 0.05) is 0 Å². The second kappa shape index (κ2) is 6.40. The van der Waals surface area contributed by atoms with E-state index in [0.717, 1.165) is 22.8 Å². The van der Waals surface area contributed by atoms with E-state index in [9.17, 15) is 18.0 Å². The van der Waals surface area contributed by atoms with Crippen LogP contribution < -0.4 is 5.32 Å². The Labute approximate surface area is 141 Å². The minimum atomic E-state index is -4.57. The number of para-hydroxylation sites is 2. The molecule has 0 fully saturated rings. The van der Waals surface area contributed by atoms with E-state index in [1.165, 1.54) is 0 Å². The Kier molecular flexibility index (Phi) is 4.45. The van der Waals surface area contributed by atoms with E-state index in [-0.39, 0.29) is 16.5 Å². The van der Waals surface area contributed by atoms with Crippen LogP contribution in [0.3, 0.4) is 0 Å². The lowest BCUT2D eigenvalue weighted by Crippen LogP contribution is -2.22. The molecule has 126 valence electrons. The Morgan fingerprint density at radius 1 is 1.33 bits per heavy atom. The summed E-state index contributed by atoms with van der Waals surface area (Å²) in [6, 6.07) is 7.40. The van der Waals surface area contributed by atoms with Gasteiger partial charge in [0.05, 0.1) is 16.3 Å². The van der Waals surface area contributed by atoms with Gasteiger partial charge in [-0.25, -0.2) is 4.98 Å². The number of halogens is 3. The SMILES string of the molecule is C[C@H](Sc1nc2ccccc2[nH]1)C(=O)Nc1nnc(C(F)(F)F)s1. The third kappa shape index (κ3) is 3.67. The van der Waals surface area contributed by atoms with Crippen molar-refractivity contribution in [3.8, 4) is 0 Å². The summed E-state index contributed by atoms with van der Waals surface area (Å²) >= 11 is 1.45. The van der Waals surface area contributed by atoms with Gasteiger partial charge in [0.1, 0.15) is 0 Å². The fourth-order valence-corrected chi connectivity index (χ4v) is 3.24. The lowest BCUT2D eigenvalue weighted by molar-refractivity contribution is -0.138. The zero-order valence-corrected chi connectivity index (χ0v) is 13.7. The summed E-state index contributed by atoms with van der Waals surface area (Å²) in [5, 5.41) is 7.36. The first-order chi connectivity index (χ1) is 11.3. The second-order valence-electron chi connectivity index (χ2n) is 4.72. The molecule has 6 nitrogen and oxygen atoms in total. The summed E-state index contributed by atoms with van der Waals surface area (Å²) < 4.78 is 37.4. The Morgan fingerprint density at radius 2 is 2.08 bits per heavy atom. The van der Waals surface area contributed by atoms with Gasteiger partial charge in [-0.2, -0.15) is 13.2 Å². The summed E-state index contributed by atoms with van der Waals surface area (Å²) in [7, 11) is 0. The van der Waals surface area contributed by atoms with Gasteiger partial charge in [-0.1, -0.05) is 35.2 Å². The molecule has 0 radical (unpaired) electrons. The number of carbonyl (C=O) groups excluding carboxylic acids is 1. The quantitative estimate of drug-likeness (QED) is 0.684. The number of nitrogens with one attached hydrogen (secondary N) is 2. The van der Waals surface area contributed by atoms with Crippen LogP contribution in [-0.4, -0.2) is 31.3 Å². The van der Waals surface area contributed by atoms with Crippen LogP contribution >= 0.6 is 23.1 Å². The number of imidazole rings is 1. The molecule has 2 aromatic heterocycles. The van der Waals surface area contributed by atoms with E-state index in [2.05, 4.69) is 25.5 Å². The van der Waals surface area contributed by atoms with Crippen LogP contribution in [0.15, 0.2) is 29.4 Å². The van der Waals surface area contributed by atoms with E-state index in [1.54, 1.807) is 6.92 Å². The van der Waals surface area contributed by atoms with Gasteiger partial charge in [-0.05, 0) is 19.1 Å². The topological polar surface area (TPSA) is 83.6 Å². The minimum Gasteiger partial charge on any atom is -0.333 e. The number of thioether (sulfide) groups is 1. The molecule has 1 amide bonds. The first kappa shape index (κ1) is 16.7. The molecule has 0 bridgehead atoms. The molecule has 0 aliphatic carbocycles. The van der Waals surface area contributed by atoms with Crippen molar-refractivity contribution < 1.29 is 18.0 Å². The third-order valence-corrected chi connectivity index (χ3v) is 4.79. The number of anilines is 1. The summed E-state index contributed by atoms with van der Waals surface area (Å²) in [5.74, 6) is -0.481. The lowest BCUT2D eigenvalue weighted by atomic mass is 10.3. The van der Waals surface area contributed by atoms with Gasteiger partial charge in [-0.15, -0.1) is 10.2 Å². The van der Waals surface area contributed by atoms with Crippen molar-refractivity contribution in [3.05, 3.63) is 29.3 Å². The monoisotopic (exact) mass is 373 g/mol. The maximum absolute atomic E-state index is 12.5. The smallest absolute Gasteiger partial charge is 0.333 e. The van der Waals surface area contributed by atoms with Crippen LogP contribution in [0.5, 0.6) is 0 Å². The number of alkyl halides is 3. The molecular formula is C13H10F3N5OS2. The molecule has 11 heteroatoms. The Hall–Kier alpha value is -2.14. The summed E-state index contributed by atoms with van der Waals surface area (Å²) in [4.78, 5) is 19.5. The minimum absolute atomic E-state index is 0.190. The average molecular weight is 373 g/mol. The second-order valence-corrected chi connectivity index (χ2v) is 7.03. The van der Waals surface area contributed by atoms with E-state index >= 15 is 0 Å². The van der Waals surface area contributed by atoms with Crippen LogP contribution in [0.2, 0.25) is 0 Å². The number of aromatic amines is 1. The predicted octanol–water partition coefficient (Wildman–Crippen LogP) is 3.55. The maximum atomic E-state index is 12.5. The normalized spacial score (nSPS) is 13.2. The molecule has 24 heavy (non-hydrogen) atoms. The third-order valence-electron chi connectivity index (χ3n) is 2.92. The molecule has 3 rings (SSSR count). The standard InChI is InChI=1S/C13H10F3N5OS2/c1-6(23-11-17-7-4-2-3-5-8(7)18-11)9(22)19-12-21-20-10(24-12)13(14,15)16/h2-6H,1H3,(H,17,18)(H,19,21,22)/t6-/m0/s1. The summed E-state index contributed by atoms with van der Waals surface area (Å²) in [6.45, 7) is 1.62. The van der Waals surface area contributed by atoms with Crippen LogP contribution in [0.25, 0.3) is 11.0 Å². The van der Waals surface area contributed by atoms with Crippen molar-refractivity contribution in [2.75, 3.05) is 5.32 Å². The summed E-state index contributed by atoms with van der Waals surface area (Å²) in [5.41, 5.74) is 1.61. The van der Waals surface area contributed by atoms with E-state index in [4.69, 9.17) is 0 Å². The number of carbonyl (C=O) groups is 1. The highest BCUT2D eigenvalue weighted by Gasteiger charge is 2.36. The van der Waals surface area contributed by atoms with Crippen molar-refractivity contribution in [2.45, 2.75) is 23.5 Å². The van der Waals surface area contributed by atoms with Crippen LogP contribution in [-0.2, 0) is 11.0 Å². The first-order valence-corrected chi connectivity index (χ1v) is 8.35. The van der Waals surface area contributed by atoms with Crippen molar-refractivity contribution in [1.29, 1.82) is 0 Å². The van der Waals surface area contributed by atoms with Gasteiger partial charge >= 0.3 is 6.18 Å². The molecule has 1 atom stereocenters. The Balaban J connectivity index is 1.65. The fourth-order valence-electron chi connectivity index (χ4n) is 1.80. The predicted molar refractivity (Wildman–Crippen MR) is 85.0 cm³/mol. The lowest BCUT2D eigenvalue weighted by Gasteiger charge is -2.07. The van der Waals surface area contributed by atoms with Gasteiger partial charge in [-0.3, -0.25) is 10.1 Å². The van der Waals surface area contributed by atoms with Gasteiger partial charge in [0.25, 0.3) is 0 Å². The number of aromatic nitrogens is 4. The van der Waals surface area contributed by atoms with Crippen molar-refractivity contribution in [3.63, 3.8) is 0 Å². The molecule has 0 spiro atoms. The number of nitrogens with zero attached hydrogens (tertiary/aromatic N) is 3. The first-order valence-electron chi connectivity index (χ1n) is 6.66. The van der Waals surface area contributed by atoms with Gasteiger partial charge < -0.3 is 4.98 Å². The molecule has 1 aromatic carbocycles. The van der Waals surface area contributed by atoms with E-state index < -0.39 is 22.3 Å². The van der Waals surface area contributed by atoms with Crippen molar-refractivity contribution in [1.82, 2.24) is 20.2 Å². The van der Waals surface area contributed by atoms with Gasteiger partial charge in [0.15, 0.2) is 5.16 Å². The number of H-pyrrole nitrogens is 1. The zero-order chi connectivity index (χ0) is 17.3. The number of hydrogen-bond acceptors (Lipinski definition) is 6. The largest absolute Gasteiger partial charge is 0.445 e. The number of fused-ring (bicyclic) bond motifs is 1. The number of amides is 1. The van der Waals surface area contributed by atoms with Crippen LogP contribution in [0.1, 0.15) is 11.9 Å². The highest BCUT2D eigenvalue weighted by molar-refractivity contribution is 8.00. The van der Waals surface area contributed by atoms with E-state index in [0.29, 0.717) is 5.16 Å². The molecule has 2 heterocycles. The molecule has 0 saturated heterocycles. The summed E-state index contributed by atoms with van der Waals surface area (Å²) in [6.07, 6.45) is -4.57. The van der Waals surface area contributed by atoms with Crippen LogP contribution in [0.4, 0.5) is 18.3 Å². The van der Waals surface area contributed by atoms with Gasteiger partial charge in [0.2, 0.25) is 16.0 Å². The fraction of sp³-hybridized carbons (Fsp3) is 0.231. The molecule has 0 unspecified atom stereocenters. The molecular weight excluding hydrogens is 363 g/mol. The Morgan fingerprint density at radius 3 is 2.75 bits per heavy atom. The Bertz CT molecular complexity index is 843. The highest BCUT2D eigenvalue weighted by Crippen LogP contribution is 2.33. The van der Waals surface area contributed by atoms with Crippen molar-refractivity contribution in [2.24, 2.45) is 0 Å². The number of rotatable bonds is 4. The molecule has 0 aliphatic heterocycles. The van der Waals surface area contributed by atoms with Crippen LogP contribution in [0, 0.1) is 0 Å². The average Bonchev–Trinajstić information content (AvgIpc) is 3.12.